The molecule has 0 radical (unpaired) electrons. The fourth-order valence-electron chi connectivity index (χ4n) is 3.58. The summed E-state index contributed by atoms with van der Waals surface area (Å²) in [4.78, 5) is 14.7. The second-order valence-corrected chi connectivity index (χ2v) is 7.26. The van der Waals surface area contributed by atoms with E-state index in [4.69, 9.17) is 21.1 Å². The predicted molar refractivity (Wildman–Crippen MR) is 101 cm³/mol. The van der Waals surface area contributed by atoms with Crippen molar-refractivity contribution >= 4 is 23.6 Å². The number of ether oxygens (including phenoxy) is 2. The zero-order valence-electron chi connectivity index (χ0n) is 15.6. The van der Waals surface area contributed by atoms with Crippen molar-refractivity contribution in [2.75, 3.05) is 19.8 Å². The molecule has 0 aliphatic carbocycles. The van der Waals surface area contributed by atoms with E-state index >= 15 is 0 Å². The molecule has 2 aliphatic rings. The minimum Gasteiger partial charge on any atom is -0.348 e. The molecule has 0 N–H and O–H groups in total. The molecule has 3 heterocycles. The van der Waals surface area contributed by atoms with Gasteiger partial charge in [-0.15, -0.1) is 0 Å². The molecule has 2 aliphatic heterocycles. The second kappa shape index (κ2) is 9.02. The highest BCUT2D eigenvalue weighted by molar-refractivity contribution is 6.31. The summed E-state index contributed by atoms with van der Waals surface area (Å²) in [7, 11) is 0. The minimum absolute atomic E-state index is 0.00718. The van der Waals surface area contributed by atoms with Crippen LogP contribution in [-0.4, -0.2) is 52.7 Å². The maximum Gasteiger partial charge on any atom is 0.247 e. The van der Waals surface area contributed by atoms with Crippen molar-refractivity contribution in [2.45, 2.75) is 64.8 Å². The van der Waals surface area contributed by atoms with Crippen LogP contribution in [0.4, 0.5) is 0 Å². The Bertz CT molecular complexity index is 653. The van der Waals surface area contributed by atoms with Crippen LogP contribution in [0.25, 0.3) is 6.08 Å². The van der Waals surface area contributed by atoms with E-state index in [1.165, 1.54) is 0 Å². The first-order valence-corrected chi connectivity index (χ1v) is 9.94. The third-order valence-corrected chi connectivity index (χ3v) is 5.42. The number of nitrogens with zero attached hydrogens (tertiary/aromatic N) is 3. The largest absolute Gasteiger partial charge is 0.348 e. The van der Waals surface area contributed by atoms with E-state index in [0.29, 0.717) is 18.4 Å². The molecule has 1 aromatic rings. The average Bonchev–Trinajstić information content (AvgIpc) is 3.27. The molecule has 0 spiro atoms. The summed E-state index contributed by atoms with van der Waals surface area (Å²) in [5.41, 5.74) is 1.66. The highest BCUT2D eigenvalue weighted by atomic mass is 35.5. The second-order valence-electron chi connectivity index (χ2n) is 6.90. The molecular weight excluding hydrogens is 354 g/mol. The zero-order valence-corrected chi connectivity index (χ0v) is 16.4. The number of piperidine rings is 1. The Morgan fingerprint density at radius 1 is 1.35 bits per heavy atom. The fourth-order valence-corrected chi connectivity index (χ4v) is 3.90. The number of halogens is 1. The van der Waals surface area contributed by atoms with Gasteiger partial charge in [0.2, 0.25) is 5.91 Å². The van der Waals surface area contributed by atoms with Gasteiger partial charge in [0.05, 0.1) is 24.9 Å². The van der Waals surface area contributed by atoms with Gasteiger partial charge in [0.15, 0.2) is 6.29 Å². The van der Waals surface area contributed by atoms with Gasteiger partial charge in [0.25, 0.3) is 0 Å². The standard InChI is InChI=1S/C19H28ClN3O3/c1-3-4-11-23-18(20)15(14(2)21-23)8-9-17(24)22-10-6-5-7-16(22)19-25-12-13-26-19/h8-9,16,19H,3-7,10-13H2,1-2H3/b9-8+. The zero-order chi connectivity index (χ0) is 18.5. The normalized spacial score (nSPS) is 21.8. The van der Waals surface area contributed by atoms with Gasteiger partial charge in [-0.1, -0.05) is 24.9 Å². The van der Waals surface area contributed by atoms with Gasteiger partial charge in [0.1, 0.15) is 5.15 Å². The van der Waals surface area contributed by atoms with Crippen LogP contribution in [0.5, 0.6) is 0 Å². The SMILES string of the molecule is CCCCn1nc(C)c(/C=C/C(=O)N2CCCCC2C2OCCO2)c1Cl. The lowest BCUT2D eigenvalue weighted by Gasteiger charge is -2.37. The summed E-state index contributed by atoms with van der Waals surface area (Å²) in [5, 5.41) is 5.08. The third kappa shape index (κ3) is 4.30. The molecule has 2 fully saturated rings. The molecule has 1 unspecified atom stereocenters. The Balaban J connectivity index is 1.71. The molecule has 7 heteroatoms. The molecule has 26 heavy (non-hydrogen) atoms. The van der Waals surface area contributed by atoms with Crippen LogP contribution in [0.1, 0.15) is 50.3 Å². The number of likely N-dealkylation sites (tertiary alicyclic amines) is 1. The minimum atomic E-state index is -0.297. The number of amides is 1. The van der Waals surface area contributed by atoms with Crippen molar-refractivity contribution in [3.8, 4) is 0 Å². The Hall–Kier alpha value is -1.37. The molecule has 144 valence electrons. The number of aromatic nitrogens is 2. The molecular formula is C19H28ClN3O3. The fraction of sp³-hybridized carbons (Fsp3) is 0.684. The molecule has 6 nitrogen and oxygen atoms in total. The van der Waals surface area contributed by atoms with E-state index in [1.54, 1.807) is 12.2 Å². The molecule has 1 amide bonds. The highest BCUT2D eigenvalue weighted by Gasteiger charge is 2.35. The molecule has 1 aromatic heterocycles. The molecule has 3 rings (SSSR count). The van der Waals surface area contributed by atoms with Crippen molar-refractivity contribution in [1.29, 1.82) is 0 Å². The van der Waals surface area contributed by atoms with Gasteiger partial charge in [-0.05, 0) is 38.7 Å². The molecule has 0 aromatic carbocycles. The Labute approximate surface area is 160 Å². The summed E-state index contributed by atoms with van der Waals surface area (Å²) in [6.07, 6.45) is 8.23. The number of unbranched alkanes of at least 4 members (excludes halogenated alkanes) is 1. The molecule has 0 bridgehead atoms. The van der Waals surface area contributed by atoms with Crippen LogP contribution in [0.15, 0.2) is 6.08 Å². The van der Waals surface area contributed by atoms with Crippen LogP contribution in [0, 0.1) is 6.92 Å². The van der Waals surface area contributed by atoms with Gasteiger partial charge in [-0.25, -0.2) is 0 Å². The Morgan fingerprint density at radius 3 is 2.85 bits per heavy atom. The summed E-state index contributed by atoms with van der Waals surface area (Å²) in [6.45, 7) is 6.79. The predicted octanol–water partition coefficient (Wildman–Crippen LogP) is 3.41. The number of hydrogen-bond donors (Lipinski definition) is 0. The molecule has 2 saturated heterocycles. The van der Waals surface area contributed by atoms with Gasteiger partial charge >= 0.3 is 0 Å². The van der Waals surface area contributed by atoms with Gasteiger partial charge in [-0.2, -0.15) is 5.10 Å². The van der Waals surface area contributed by atoms with Crippen LogP contribution < -0.4 is 0 Å². The van der Waals surface area contributed by atoms with E-state index < -0.39 is 0 Å². The van der Waals surface area contributed by atoms with Crippen molar-refractivity contribution in [1.82, 2.24) is 14.7 Å². The van der Waals surface area contributed by atoms with E-state index in [1.807, 2.05) is 16.5 Å². The lowest BCUT2D eigenvalue weighted by Crippen LogP contribution is -2.49. The Kier molecular flexibility index (Phi) is 6.73. The van der Waals surface area contributed by atoms with E-state index in [2.05, 4.69) is 12.0 Å². The number of aryl methyl sites for hydroxylation is 2. The quantitative estimate of drug-likeness (QED) is 0.708. The lowest BCUT2D eigenvalue weighted by molar-refractivity contribution is -0.145. The third-order valence-electron chi connectivity index (χ3n) is 5.02. The average molecular weight is 382 g/mol. The number of carbonyl (C=O) groups is 1. The highest BCUT2D eigenvalue weighted by Crippen LogP contribution is 2.26. The monoisotopic (exact) mass is 381 g/mol. The summed E-state index contributed by atoms with van der Waals surface area (Å²) in [5.74, 6) is -0.0226. The van der Waals surface area contributed by atoms with E-state index in [-0.39, 0.29) is 18.2 Å². The molecule has 0 saturated carbocycles. The van der Waals surface area contributed by atoms with Gasteiger partial charge in [0, 0.05) is 24.7 Å². The first-order chi connectivity index (χ1) is 12.6. The smallest absolute Gasteiger partial charge is 0.247 e. The van der Waals surface area contributed by atoms with Crippen LogP contribution in [0.2, 0.25) is 5.15 Å². The maximum atomic E-state index is 12.8. The van der Waals surface area contributed by atoms with Gasteiger partial charge in [-0.3, -0.25) is 9.48 Å². The maximum absolute atomic E-state index is 12.8. The van der Waals surface area contributed by atoms with Crippen molar-refractivity contribution < 1.29 is 14.3 Å². The first kappa shape index (κ1) is 19.4. The molecule has 1 atom stereocenters. The van der Waals surface area contributed by atoms with Crippen molar-refractivity contribution in [3.63, 3.8) is 0 Å². The summed E-state index contributed by atoms with van der Waals surface area (Å²) < 4.78 is 13.1. The van der Waals surface area contributed by atoms with E-state index in [0.717, 1.165) is 56.5 Å². The first-order valence-electron chi connectivity index (χ1n) is 9.56. The number of rotatable bonds is 6. The topological polar surface area (TPSA) is 56.6 Å². The van der Waals surface area contributed by atoms with Crippen molar-refractivity contribution in [2.24, 2.45) is 0 Å². The summed E-state index contributed by atoms with van der Waals surface area (Å²) in [6, 6.07) is -0.00718. The van der Waals surface area contributed by atoms with Crippen LogP contribution in [0.3, 0.4) is 0 Å². The number of carbonyl (C=O) groups excluding carboxylic acids is 1. The summed E-state index contributed by atoms with van der Waals surface area (Å²) >= 11 is 6.45. The Morgan fingerprint density at radius 2 is 2.12 bits per heavy atom. The van der Waals surface area contributed by atoms with E-state index in [9.17, 15) is 4.79 Å². The van der Waals surface area contributed by atoms with Crippen molar-refractivity contribution in [3.05, 3.63) is 22.5 Å². The van der Waals surface area contributed by atoms with Crippen LogP contribution in [-0.2, 0) is 20.8 Å². The van der Waals surface area contributed by atoms with Gasteiger partial charge < -0.3 is 14.4 Å². The number of hydrogen-bond acceptors (Lipinski definition) is 4. The lowest BCUT2D eigenvalue weighted by atomic mass is 10.0. The van der Waals surface area contributed by atoms with Crippen LogP contribution >= 0.6 is 11.6 Å².